The van der Waals surface area contributed by atoms with E-state index in [9.17, 15) is 0 Å². The van der Waals surface area contributed by atoms with Crippen LogP contribution >= 0.6 is 11.3 Å². The van der Waals surface area contributed by atoms with Gasteiger partial charge in [-0.05, 0) is 24.6 Å². The van der Waals surface area contributed by atoms with E-state index >= 15 is 0 Å². The molecule has 1 unspecified atom stereocenters. The van der Waals surface area contributed by atoms with E-state index in [1.165, 1.54) is 11.3 Å². The van der Waals surface area contributed by atoms with E-state index in [1.807, 2.05) is 49.4 Å². The molecule has 20 heavy (non-hydrogen) atoms. The lowest BCUT2D eigenvalue weighted by Crippen LogP contribution is -2.11. The Labute approximate surface area is 121 Å². The van der Waals surface area contributed by atoms with Crippen molar-refractivity contribution in [3.8, 4) is 10.6 Å². The van der Waals surface area contributed by atoms with Crippen LogP contribution in [0.25, 0.3) is 10.6 Å². The molecule has 0 saturated heterocycles. The second-order valence-corrected chi connectivity index (χ2v) is 5.53. The summed E-state index contributed by atoms with van der Waals surface area (Å²) >= 11 is 1.52. The zero-order valence-corrected chi connectivity index (χ0v) is 11.8. The van der Waals surface area contributed by atoms with Gasteiger partial charge in [-0.2, -0.15) is 0 Å². The maximum Gasteiger partial charge on any atom is 0.147 e. The van der Waals surface area contributed by atoms with E-state index in [4.69, 9.17) is 5.73 Å². The van der Waals surface area contributed by atoms with Crippen molar-refractivity contribution in [2.45, 2.75) is 13.0 Å². The van der Waals surface area contributed by atoms with Gasteiger partial charge < -0.3 is 5.73 Å². The fraction of sp³-hybridized carbons (Fsp3) is 0.133. The van der Waals surface area contributed by atoms with Gasteiger partial charge in [0.2, 0.25) is 0 Å². The molecule has 0 fully saturated rings. The summed E-state index contributed by atoms with van der Waals surface area (Å²) in [5, 5.41) is 10.1. The summed E-state index contributed by atoms with van der Waals surface area (Å²) in [6.45, 7) is 1.96. The molecule has 0 aliphatic carbocycles. The predicted molar refractivity (Wildman–Crippen MR) is 80.3 cm³/mol. The van der Waals surface area contributed by atoms with Gasteiger partial charge >= 0.3 is 0 Å². The van der Waals surface area contributed by atoms with Crippen molar-refractivity contribution >= 4 is 11.3 Å². The van der Waals surface area contributed by atoms with Crippen LogP contribution in [0.4, 0.5) is 0 Å². The topological polar surface area (TPSA) is 64.7 Å². The molecular weight excluding hydrogens is 268 g/mol. The number of aryl methyl sites for hydroxylation is 1. The number of benzene rings is 1. The van der Waals surface area contributed by atoms with Crippen molar-refractivity contribution in [3.63, 3.8) is 0 Å². The number of aromatic nitrogens is 3. The fourth-order valence-corrected chi connectivity index (χ4v) is 2.83. The highest BCUT2D eigenvalue weighted by atomic mass is 32.1. The van der Waals surface area contributed by atoms with Gasteiger partial charge in [0.05, 0.1) is 6.04 Å². The Kier molecular flexibility index (Phi) is 3.54. The smallest absolute Gasteiger partial charge is 0.147 e. The molecule has 0 radical (unpaired) electrons. The van der Waals surface area contributed by atoms with Gasteiger partial charge in [0, 0.05) is 17.5 Å². The molecule has 0 aliphatic rings. The van der Waals surface area contributed by atoms with Gasteiger partial charge in [0.15, 0.2) is 0 Å². The highest BCUT2D eigenvalue weighted by molar-refractivity contribution is 7.14. The van der Waals surface area contributed by atoms with Crippen LogP contribution in [0, 0.1) is 6.92 Å². The third-order valence-corrected chi connectivity index (χ3v) is 4.06. The van der Waals surface area contributed by atoms with Gasteiger partial charge in [-0.1, -0.05) is 41.7 Å². The molecule has 3 rings (SSSR count). The first-order valence-electron chi connectivity index (χ1n) is 6.31. The molecule has 100 valence electrons. The molecule has 3 aromatic rings. The molecule has 0 saturated carbocycles. The van der Waals surface area contributed by atoms with Crippen LogP contribution < -0.4 is 5.73 Å². The van der Waals surface area contributed by atoms with Crippen LogP contribution in [-0.2, 0) is 0 Å². The molecule has 4 nitrogen and oxygen atoms in total. The Bertz CT molecular complexity index is 709. The van der Waals surface area contributed by atoms with E-state index < -0.39 is 0 Å². The second kappa shape index (κ2) is 5.48. The van der Waals surface area contributed by atoms with Crippen LogP contribution in [-0.4, -0.2) is 15.2 Å². The first-order valence-corrected chi connectivity index (χ1v) is 7.12. The lowest BCUT2D eigenvalue weighted by atomic mass is 10.1. The largest absolute Gasteiger partial charge is 0.318 e. The van der Waals surface area contributed by atoms with Crippen LogP contribution in [0.5, 0.6) is 0 Å². The van der Waals surface area contributed by atoms with Crippen LogP contribution in [0.2, 0.25) is 0 Å². The molecule has 0 bridgehead atoms. The van der Waals surface area contributed by atoms with Gasteiger partial charge in [0.25, 0.3) is 0 Å². The highest BCUT2D eigenvalue weighted by Crippen LogP contribution is 2.28. The number of rotatable bonds is 3. The molecular formula is C15H14N4S. The summed E-state index contributed by atoms with van der Waals surface area (Å²) in [7, 11) is 0. The lowest BCUT2D eigenvalue weighted by Gasteiger charge is -2.06. The summed E-state index contributed by atoms with van der Waals surface area (Å²) in [6, 6.07) is 13.6. The predicted octanol–water partition coefficient (Wildman–Crippen LogP) is 2.96. The Balaban J connectivity index is 1.91. The van der Waals surface area contributed by atoms with Crippen LogP contribution in [0.3, 0.4) is 0 Å². The minimum atomic E-state index is -0.231. The van der Waals surface area contributed by atoms with E-state index in [0.29, 0.717) is 0 Å². The second-order valence-electron chi connectivity index (χ2n) is 4.52. The number of hydrogen-bond acceptors (Lipinski definition) is 5. The highest BCUT2D eigenvalue weighted by Gasteiger charge is 2.15. The van der Waals surface area contributed by atoms with Gasteiger partial charge in [-0.3, -0.25) is 4.98 Å². The zero-order valence-electron chi connectivity index (χ0n) is 11.0. The van der Waals surface area contributed by atoms with E-state index in [0.717, 1.165) is 26.8 Å². The molecule has 0 spiro atoms. The van der Waals surface area contributed by atoms with Gasteiger partial charge in [-0.15, -0.1) is 10.2 Å². The fourth-order valence-electron chi connectivity index (χ4n) is 1.96. The van der Waals surface area contributed by atoms with Crippen LogP contribution in [0.15, 0.2) is 48.7 Å². The van der Waals surface area contributed by atoms with Crippen molar-refractivity contribution in [1.29, 1.82) is 0 Å². The number of hydrogen-bond donors (Lipinski definition) is 1. The van der Waals surface area contributed by atoms with E-state index in [-0.39, 0.29) is 6.04 Å². The average molecular weight is 282 g/mol. The molecule has 1 aromatic carbocycles. The summed E-state index contributed by atoms with van der Waals surface area (Å²) in [6.07, 6.45) is 1.78. The molecule has 2 aromatic heterocycles. The summed E-state index contributed by atoms with van der Waals surface area (Å²) in [4.78, 5) is 4.19. The molecule has 0 amide bonds. The normalized spacial score (nSPS) is 12.3. The maximum atomic E-state index is 6.23. The molecule has 5 heteroatoms. The van der Waals surface area contributed by atoms with Crippen molar-refractivity contribution < 1.29 is 0 Å². The summed E-state index contributed by atoms with van der Waals surface area (Å²) < 4.78 is 0. The minimum Gasteiger partial charge on any atom is -0.318 e. The van der Waals surface area contributed by atoms with Crippen molar-refractivity contribution in [3.05, 3.63) is 64.9 Å². The maximum absolute atomic E-state index is 6.23. The van der Waals surface area contributed by atoms with Gasteiger partial charge in [0.1, 0.15) is 10.0 Å². The SMILES string of the molecule is Cc1cc(-c2nnc(C(N)c3ccccc3)s2)ccn1. The first-order chi connectivity index (χ1) is 9.74. The minimum absolute atomic E-state index is 0.231. The lowest BCUT2D eigenvalue weighted by molar-refractivity contribution is 0.831. The van der Waals surface area contributed by atoms with Crippen LogP contribution in [0.1, 0.15) is 22.3 Å². The monoisotopic (exact) mass is 282 g/mol. The first kappa shape index (κ1) is 12.9. The Morgan fingerprint density at radius 1 is 1.10 bits per heavy atom. The zero-order chi connectivity index (χ0) is 13.9. The summed E-state index contributed by atoms with van der Waals surface area (Å²) in [5.74, 6) is 0. The van der Waals surface area contributed by atoms with Crippen molar-refractivity contribution in [1.82, 2.24) is 15.2 Å². The van der Waals surface area contributed by atoms with Gasteiger partial charge in [-0.25, -0.2) is 0 Å². The Morgan fingerprint density at radius 3 is 2.65 bits per heavy atom. The quantitative estimate of drug-likeness (QED) is 0.802. The Morgan fingerprint density at radius 2 is 1.90 bits per heavy atom. The molecule has 0 aliphatic heterocycles. The van der Waals surface area contributed by atoms with Crippen molar-refractivity contribution in [2.24, 2.45) is 5.73 Å². The standard InChI is InChI=1S/C15H14N4S/c1-10-9-12(7-8-17-10)14-18-19-15(20-14)13(16)11-5-3-2-4-6-11/h2-9,13H,16H2,1H3. The molecule has 1 atom stereocenters. The molecule has 2 heterocycles. The number of nitrogens with two attached hydrogens (primary N) is 1. The number of pyridine rings is 1. The third-order valence-electron chi connectivity index (χ3n) is 3.01. The number of nitrogens with zero attached hydrogens (tertiary/aromatic N) is 3. The average Bonchev–Trinajstić information content (AvgIpc) is 2.97. The van der Waals surface area contributed by atoms with E-state index in [2.05, 4.69) is 15.2 Å². The van der Waals surface area contributed by atoms with Crippen molar-refractivity contribution in [2.75, 3.05) is 0 Å². The Hall–Kier alpha value is -2.11. The third kappa shape index (κ3) is 2.59. The summed E-state index contributed by atoms with van der Waals surface area (Å²) in [5.41, 5.74) is 9.27. The van der Waals surface area contributed by atoms with E-state index in [1.54, 1.807) is 6.20 Å². The molecule has 2 N–H and O–H groups in total.